The van der Waals surface area contributed by atoms with Crippen LogP contribution < -0.4 is 0 Å². The number of hydrogen-bond donors (Lipinski definition) is 0. The Kier molecular flexibility index (Phi) is 5.14. The summed E-state index contributed by atoms with van der Waals surface area (Å²) in [5, 5.41) is 0.545. The summed E-state index contributed by atoms with van der Waals surface area (Å²) in [4.78, 5) is 28.4. The van der Waals surface area contributed by atoms with E-state index in [0.29, 0.717) is 10.6 Å². The number of benzene rings is 1. The summed E-state index contributed by atoms with van der Waals surface area (Å²) >= 11 is 17.7. The fourth-order valence-corrected chi connectivity index (χ4v) is 1.96. The molecule has 20 heavy (non-hydrogen) atoms. The van der Waals surface area contributed by atoms with Crippen LogP contribution in [0.2, 0.25) is 10.0 Å². The number of hydrogen-bond acceptors (Lipinski definition) is 5. The highest BCUT2D eigenvalue weighted by atomic mass is 35.5. The summed E-state index contributed by atoms with van der Waals surface area (Å²) in [5.41, 5.74) is -0.719. The first kappa shape index (κ1) is 15.0. The second-order valence-electron chi connectivity index (χ2n) is 3.52. The maximum Gasteiger partial charge on any atom is 0.392 e. The first-order valence-corrected chi connectivity index (χ1v) is 6.50. The number of rotatable bonds is 4. The van der Waals surface area contributed by atoms with Gasteiger partial charge in [-0.15, -0.1) is 0 Å². The van der Waals surface area contributed by atoms with Gasteiger partial charge in [0.2, 0.25) is 5.56 Å². The van der Waals surface area contributed by atoms with Crippen molar-refractivity contribution in [1.29, 1.82) is 0 Å². The van der Waals surface area contributed by atoms with E-state index in [0.717, 1.165) is 0 Å². The molecule has 0 saturated carbocycles. The number of nitrogens with zero attached hydrogens (tertiary/aromatic N) is 2. The van der Waals surface area contributed by atoms with Gasteiger partial charge in [-0.2, -0.15) is 4.89 Å². The zero-order chi connectivity index (χ0) is 14.5. The monoisotopic (exact) mass is 332 g/mol. The van der Waals surface area contributed by atoms with Gasteiger partial charge in [0.05, 0.1) is 16.2 Å². The van der Waals surface area contributed by atoms with Crippen LogP contribution in [0.1, 0.15) is 21.6 Å². The predicted molar refractivity (Wildman–Crippen MR) is 73.6 cm³/mol. The quantitative estimate of drug-likeness (QED) is 0.484. The predicted octanol–water partition coefficient (Wildman–Crippen LogP) is 3.81. The van der Waals surface area contributed by atoms with E-state index in [9.17, 15) is 4.79 Å². The van der Waals surface area contributed by atoms with Crippen LogP contribution in [0.5, 0.6) is 0 Å². The molecule has 0 fully saturated rings. The normalized spacial score (nSPS) is 11.9. The van der Waals surface area contributed by atoms with Crippen molar-refractivity contribution < 1.29 is 14.6 Å². The van der Waals surface area contributed by atoms with Crippen LogP contribution in [-0.2, 0) is 9.78 Å². The SMILES string of the molecule is O=C(OOC(Cl)c1cccc(Cl)c1Cl)c1cnccn1. The highest BCUT2D eigenvalue weighted by Crippen LogP contribution is 2.33. The van der Waals surface area contributed by atoms with Gasteiger partial charge in [-0.3, -0.25) is 9.87 Å². The molecule has 2 rings (SSSR count). The third-order valence-electron chi connectivity index (χ3n) is 2.21. The molecule has 0 radical (unpaired) electrons. The number of alkyl halides is 1. The number of halogens is 3. The summed E-state index contributed by atoms with van der Waals surface area (Å²) in [7, 11) is 0. The molecule has 1 atom stereocenters. The third kappa shape index (κ3) is 3.58. The highest BCUT2D eigenvalue weighted by molar-refractivity contribution is 6.42. The molecule has 0 N–H and O–H groups in total. The maximum atomic E-state index is 11.6. The largest absolute Gasteiger partial charge is 0.392 e. The summed E-state index contributed by atoms with van der Waals surface area (Å²) in [5.74, 6) is -0.818. The Morgan fingerprint density at radius 1 is 1.25 bits per heavy atom. The lowest BCUT2D eigenvalue weighted by Gasteiger charge is -2.11. The molecule has 8 heteroatoms. The molecular weight excluding hydrogens is 327 g/mol. The summed E-state index contributed by atoms with van der Waals surface area (Å²) in [6.45, 7) is 0. The van der Waals surface area contributed by atoms with Crippen LogP contribution in [0.3, 0.4) is 0 Å². The summed E-state index contributed by atoms with van der Waals surface area (Å²) in [6, 6.07) is 4.84. The molecule has 1 heterocycles. The first-order valence-electron chi connectivity index (χ1n) is 5.31. The van der Waals surface area contributed by atoms with E-state index in [1.807, 2.05) is 0 Å². The molecule has 0 aliphatic carbocycles. The molecule has 104 valence electrons. The average Bonchev–Trinajstić information content (AvgIpc) is 2.48. The fourth-order valence-electron chi connectivity index (χ4n) is 1.28. The van der Waals surface area contributed by atoms with E-state index < -0.39 is 11.5 Å². The van der Waals surface area contributed by atoms with Crippen molar-refractivity contribution in [2.24, 2.45) is 0 Å². The van der Waals surface area contributed by atoms with Crippen molar-refractivity contribution in [3.63, 3.8) is 0 Å². The van der Waals surface area contributed by atoms with Gasteiger partial charge in [-0.05, 0) is 6.07 Å². The first-order chi connectivity index (χ1) is 9.59. The van der Waals surface area contributed by atoms with E-state index >= 15 is 0 Å². The lowest BCUT2D eigenvalue weighted by Crippen LogP contribution is -2.10. The van der Waals surface area contributed by atoms with Crippen molar-refractivity contribution in [2.45, 2.75) is 5.56 Å². The molecular formula is C12H7Cl3N2O3. The molecule has 0 amide bonds. The zero-order valence-electron chi connectivity index (χ0n) is 9.79. The topological polar surface area (TPSA) is 61.3 Å². The van der Waals surface area contributed by atoms with E-state index in [1.165, 1.54) is 18.6 Å². The Bertz CT molecular complexity index is 610. The molecule has 0 aliphatic rings. The Labute approximate surface area is 129 Å². The van der Waals surface area contributed by atoms with E-state index in [4.69, 9.17) is 39.7 Å². The molecule has 2 aromatic rings. The van der Waals surface area contributed by atoms with Crippen molar-refractivity contribution in [1.82, 2.24) is 9.97 Å². The Morgan fingerprint density at radius 3 is 2.75 bits per heavy atom. The van der Waals surface area contributed by atoms with Gasteiger partial charge in [0, 0.05) is 18.0 Å². The van der Waals surface area contributed by atoms with Crippen LogP contribution in [0.4, 0.5) is 0 Å². The highest BCUT2D eigenvalue weighted by Gasteiger charge is 2.18. The van der Waals surface area contributed by atoms with Gasteiger partial charge in [0.25, 0.3) is 0 Å². The summed E-state index contributed by atoms with van der Waals surface area (Å²) < 4.78 is 0. The van der Waals surface area contributed by atoms with Crippen LogP contribution >= 0.6 is 34.8 Å². The van der Waals surface area contributed by atoms with Crippen LogP contribution in [0, 0.1) is 0 Å². The van der Waals surface area contributed by atoms with Gasteiger partial charge in [0.15, 0.2) is 5.69 Å². The molecule has 5 nitrogen and oxygen atoms in total. The Morgan fingerprint density at radius 2 is 2.05 bits per heavy atom. The fraction of sp³-hybridized carbons (Fsp3) is 0.0833. The number of aromatic nitrogens is 2. The molecule has 1 aromatic carbocycles. The van der Waals surface area contributed by atoms with Crippen molar-refractivity contribution >= 4 is 40.8 Å². The van der Waals surface area contributed by atoms with Crippen molar-refractivity contribution in [3.05, 3.63) is 58.1 Å². The second kappa shape index (κ2) is 6.85. The van der Waals surface area contributed by atoms with E-state index in [2.05, 4.69) is 14.9 Å². The minimum Gasteiger partial charge on any atom is -0.289 e. The third-order valence-corrected chi connectivity index (χ3v) is 3.35. The van der Waals surface area contributed by atoms with Crippen LogP contribution in [-0.4, -0.2) is 15.9 Å². The lowest BCUT2D eigenvalue weighted by atomic mass is 10.2. The second-order valence-corrected chi connectivity index (χ2v) is 4.70. The van der Waals surface area contributed by atoms with Gasteiger partial charge < -0.3 is 0 Å². The minimum absolute atomic E-state index is 0.00597. The molecule has 1 unspecified atom stereocenters. The standard InChI is InChI=1S/C12H7Cl3N2O3/c13-8-3-1-2-7(10(8)14)11(15)19-20-12(18)9-6-16-4-5-17-9/h1-6,11H. The van der Waals surface area contributed by atoms with Crippen molar-refractivity contribution in [3.8, 4) is 0 Å². The van der Waals surface area contributed by atoms with Gasteiger partial charge in [0.1, 0.15) is 0 Å². The molecule has 0 bridgehead atoms. The van der Waals surface area contributed by atoms with Gasteiger partial charge >= 0.3 is 5.97 Å². The Balaban J connectivity index is 2.00. The number of carbonyl (C=O) groups excluding carboxylic acids is 1. The average molecular weight is 334 g/mol. The molecule has 1 aromatic heterocycles. The van der Waals surface area contributed by atoms with Gasteiger partial charge in [-0.25, -0.2) is 9.78 Å². The van der Waals surface area contributed by atoms with E-state index in [1.54, 1.807) is 18.2 Å². The Hall–Kier alpha value is -1.40. The smallest absolute Gasteiger partial charge is 0.289 e. The maximum absolute atomic E-state index is 11.6. The lowest BCUT2D eigenvalue weighted by molar-refractivity contribution is -0.256. The van der Waals surface area contributed by atoms with Crippen LogP contribution in [0.25, 0.3) is 0 Å². The molecule has 0 aliphatic heterocycles. The summed E-state index contributed by atoms with van der Waals surface area (Å²) in [6.07, 6.45) is 4.01. The van der Waals surface area contributed by atoms with Crippen molar-refractivity contribution in [2.75, 3.05) is 0 Å². The molecule has 0 saturated heterocycles. The van der Waals surface area contributed by atoms with Crippen LogP contribution in [0.15, 0.2) is 36.8 Å². The number of carbonyl (C=O) groups is 1. The zero-order valence-corrected chi connectivity index (χ0v) is 12.1. The molecule has 0 spiro atoms. The minimum atomic E-state index is -1.10. The van der Waals surface area contributed by atoms with E-state index in [-0.39, 0.29) is 10.7 Å². The van der Waals surface area contributed by atoms with Gasteiger partial charge in [-0.1, -0.05) is 46.9 Å².